The van der Waals surface area contributed by atoms with Gasteiger partial charge < -0.3 is 5.32 Å². The van der Waals surface area contributed by atoms with Gasteiger partial charge in [0.15, 0.2) is 0 Å². The predicted molar refractivity (Wildman–Crippen MR) is 64.0 cm³/mol. The fraction of sp³-hybridized carbons (Fsp3) is 0.182. The van der Waals surface area contributed by atoms with E-state index in [9.17, 15) is 0 Å². The predicted octanol–water partition coefficient (Wildman–Crippen LogP) is 2.89. The quantitative estimate of drug-likeness (QED) is 0.812. The van der Waals surface area contributed by atoms with E-state index in [0.29, 0.717) is 11.0 Å². The average Bonchev–Trinajstić information content (AvgIpc) is 2.15. The third kappa shape index (κ3) is 2.67. The number of halogens is 1. The highest BCUT2D eigenvalue weighted by Crippen LogP contribution is 2.17. The van der Waals surface area contributed by atoms with Crippen LogP contribution in [-0.2, 0) is 0 Å². The van der Waals surface area contributed by atoms with Crippen molar-refractivity contribution in [1.29, 1.82) is 0 Å². The number of anilines is 2. The van der Waals surface area contributed by atoms with Crippen LogP contribution in [0.25, 0.3) is 0 Å². The zero-order valence-electron chi connectivity index (χ0n) is 9.03. The standard InChI is InChI=1S/C11H11ClN4/c1-7-3-9(4-8(2)15-7)16-11-5-10(12)13-6-14-11/h3-6H,1-2H3,(H,13,14,15,16). The topological polar surface area (TPSA) is 50.7 Å². The van der Waals surface area contributed by atoms with E-state index >= 15 is 0 Å². The lowest BCUT2D eigenvalue weighted by Gasteiger charge is -2.07. The zero-order valence-corrected chi connectivity index (χ0v) is 9.78. The van der Waals surface area contributed by atoms with Gasteiger partial charge in [-0.15, -0.1) is 0 Å². The van der Waals surface area contributed by atoms with Gasteiger partial charge in [-0.1, -0.05) is 11.6 Å². The maximum Gasteiger partial charge on any atom is 0.135 e. The van der Waals surface area contributed by atoms with Crippen molar-refractivity contribution in [3.8, 4) is 0 Å². The Morgan fingerprint density at radius 2 is 1.75 bits per heavy atom. The largest absolute Gasteiger partial charge is 0.340 e. The Hall–Kier alpha value is -1.68. The Bertz CT molecular complexity index is 493. The molecule has 5 heteroatoms. The molecule has 2 heterocycles. The molecule has 0 saturated heterocycles. The maximum atomic E-state index is 5.77. The van der Waals surface area contributed by atoms with Gasteiger partial charge >= 0.3 is 0 Å². The fourth-order valence-corrected chi connectivity index (χ4v) is 1.60. The molecule has 0 atom stereocenters. The van der Waals surface area contributed by atoms with Crippen molar-refractivity contribution in [2.45, 2.75) is 13.8 Å². The van der Waals surface area contributed by atoms with Gasteiger partial charge in [-0.25, -0.2) is 9.97 Å². The molecule has 2 aromatic heterocycles. The normalized spacial score (nSPS) is 10.2. The lowest BCUT2D eigenvalue weighted by atomic mass is 10.3. The summed E-state index contributed by atoms with van der Waals surface area (Å²) >= 11 is 5.77. The van der Waals surface area contributed by atoms with Crippen LogP contribution >= 0.6 is 11.6 Å². The van der Waals surface area contributed by atoms with Gasteiger partial charge in [-0.2, -0.15) is 0 Å². The van der Waals surface area contributed by atoms with Gasteiger partial charge in [0.1, 0.15) is 17.3 Å². The Balaban J connectivity index is 2.27. The first kappa shape index (κ1) is 10.8. The molecule has 2 aromatic rings. The van der Waals surface area contributed by atoms with Crippen molar-refractivity contribution in [2.75, 3.05) is 5.32 Å². The first-order valence-corrected chi connectivity index (χ1v) is 5.21. The molecule has 0 spiro atoms. The fourth-order valence-electron chi connectivity index (χ4n) is 1.46. The van der Waals surface area contributed by atoms with E-state index in [1.807, 2.05) is 26.0 Å². The molecule has 0 amide bonds. The summed E-state index contributed by atoms with van der Waals surface area (Å²) in [5, 5.41) is 3.57. The summed E-state index contributed by atoms with van der Waals surface area (Å²) in [6.07, 6.45) is 1.42. The van der Waals surface area contributed by atoms with E-state index in [1.165, 1.54) is 6.33 Å². The number of pyridine rings is 1. The Morgan fingerprint density at radius 3 is 2.38 bits per heavy atom. The molecule has 4 nitrogen and oxygen atoms in total. The summed E-state index contributed by atoms with van der Waals surface area (Å²) in [6.45, 7) is 3.90. The second-order valence-electron chi connectivity index (χ2n) is 3.49. The molecule has 0 saturated carbocycles. The smallest absolute Gasteiger partial charge is 0.135 e. The number of hydrogen-bond donors (Lipinski definition) is 1. The van der Waals surface area contributed by atoms with Gasteiger partial charge in [-0.05, 0) is 26.0 Å². The van der Waals surface area contributed by atoms with E-state index in [4.69, 9.17) is 11.6 Å². The van der Waals surface area contributed by atoms with Gasteiger partial charge in [0.2, 0.25) is 0 Å². The molecule has 0 aliphatic rings. The van der Waals surface area contributed by atoms with Crippen molar-refractivity contribution in [2.24, 2.45) is 0 Å². The molecule has 1 N–H and O–H groups in total. The molecule has 0 aliphatic carbocycles. The van der Waals surface area contributed by atoms with E-state index in [-0.39, 0.29) is 0 Å². The van der Waals surface area contributed by atoms with Crippen molar-refractivity contribution >= 4 is 23.1 Å². The van der Waals surface area contributed by atoms with Crippen molar-refractivity contribution in [3.63, 3.8) is 0 Å². The Kier molecular flexibility index (Phi) is 3.01. The van der Waals surface area contributed by atoms with Crippen LogP contribution in [0.2, 0.25) is 5.15 Å². The minimum Gasteiger partial charge on any atom is -0.340 e. The van der Waals surface area contributed by atoms with Gasteiger partial charge in [0.05, 0.1) is 0 Å². The monoisotopic (exact) mass is 234 g/mol. The third-order valence-electron chi connectivity index (χ3n) is 1.99. The Morgan fingerprint density at radius 1 is 1.06 bits per heavy atom. The summed E-state index contributed by atoms with van der Waals surface area (Å²) < 4.78 is 0. The summed E-state index contributed by atoms with van der Waals surface area (Å²) in [5.74, 6) is 0.671. The number of hydrogen-bond acceptors (Lipinski definition) is 4. The molecule has 0 aliphatic heterocycles. The molecule has 0 radical (unpaired) electrons. The molecule has 0 fully saturated rings. The van der Waals surface area contributed by atoms with Gasteiger partial charge in [-0.3, -0.25) is 4.98 Å². The number of nitrogens with zero attached hydrogens (tertiary/aromatic N) is 3. The molecule has 2 rings (SSSR count). The van der Waals surface area contributed by atoms with Crippen LogP contribution in [0.1, 0.15) is 11.4 Å². The minimum atomic E-state index is 0.417. The average molecular weight is 235 g/mol. The highest BCUT2D eigenvalue weighted by Gasteiger charge is 2.00. The second-order valence-corrected chi connectivity index (χ2v) is 3.88. The Labute approximate surface area is 98.7 Å². The highest BCUT2D eigenvalue weighted by molar-refractivity contribution is 6.29. The maximum absolute atomic E-state index is 5.77. The highest BCUT2D eigenvalue weighted by atomic mass is 35.5. The number of rotatable bonds is 2. The van der Waals surface area contributed by atoms with E-state index in [0.717, 1.165) is 17.1 Å². The van der Waals surface area contributed by atoms with Crippen LogP contribution in [0.15, 0.2) is 24.5 Å². The third-order valence-corrected chi connectivity index (χ3v) is 2.19. The van der Waals surface area contributed by atoms with Crippen molar-refractivity contribution in [1.82, 2.24) is 15.0 Å². The van der Waals surface area contributed by atoms with Crippen molar-refractivity contribution in [3.05, 3.63) is 41.1 Å². The van der Waals surface area contributed by atoms with Crippen LogP contribution < -0.4 is 5.32 Å². The summed E-state index contributed by atoms with van der Waals surface area (Å²) in [4.78, 5) is 12.2. The summed E-state index contributed by atoms with van der Waals surface area (Å²) in [5.41, 5.74) is 2.87. The van der Waals surface area contributed by atoms with Crippen LogP contribution in [0.5, 0.6) is 0 Å². The first-order valence-electron chi connectivity index (χ1n) is 4.83. The van der Waals surface area contributed by atoms with E-state index in [1.54, 1.807) is 6.07 Å². The molecular formula is C11H11ClN4. The SMILES string of the molecule is Cc1cc(Nc2cc(Cl)ncn2)cc(C)n1. The molecule has 0 bridgehead atoms. The summed E-state index contributed by atoms with van der Waals surface area (Å²) in [6, 6.07) is 5.57. The molecular weight excluding hydrogens is 224 g/mol. The van der Waals surface area contributed by atoms with E-state index in [2.05, 4.69) is 20.3 Å². The number of aryl methyl sites for hydroxylation is 2. The number of aromatic nitrogens is 3. The lowest BCUT2D eigenvalue weighted by Crippen LogP contribution is -1.96. The van der Waals surface area contributed by atoms with Crippen LogP contribution in [0, 0.1) is 13.8 Å². The molecule has 0 aromatic carbocycles. The van der Waals surface area contributed by atoms with Crippen molar-refractivity contribution < 1.29 is 0 Å². The minimum absolute atomic E-state index is 0.417. The molecule has 16 heavy (non-hydrogen) atoms. The lowest BCUT2D eigenvalue weighted by molar-refractivity contribution is 1.12. The van der Waals surface area contributed by atoms with Gasteiger partial charge in [0.25, 0.3) is 0 Å². The number of nitrogens with one attached hydrogen (secondary N) is 1. The van der Waals surface area contributed by atoms with Crippen LogP contribution in [0.3, 0.4) is 0 Å². The summed E-state index contributed by atoms with van der Waals surface area (Å²) in [7, 11) is 0. The molecule has 0 unspecified atom stereocenters. The van der Waals surface area contributed by atoms with E-state index < -0.39 is 0 Å². The van der Waals surface area contributed by atoms with Crippen LogP contribution in [0.4, 0.5) is 11.5 Å². The molecule has 82 valence electrons. The first-order chi connectivity index (χ1) is 7.63. The van der Waals surface area contributed by atoms with Crippen LogP contribution in [-0.4, -0.2) is 15.0 Å². The second kappa shape index (κ2) is 4.45. The van der Waals surface area contributed by atoms with Gasteiger partial charge in [0, 0.05) is 23.1 Å². The zero-order chi connectivity index (χ0) is 11.5.